The highest BCUT2D eigenvalue weighted by molar-refractivity contribution is 7.69. The number of halogens is 1. The SMILES string of the molecule is COc1cc(OC)c(-c2cn3ccc(N4CCC(N(N(C)C)[SH](=O)=O)CC4)cc3n2)cc1Cl. The molecule has 0 atom stereocenters. The van der Waals surface area contributed by atoms with Crippen molar-refractivity contribution < 1.29 is 17.9 Å². The van der Waals surface area contributed by atoms with Gasteiger partial charge in [-0.3, -0.25) is 0 Å². The number of benzene rings is 1. The third kappa shape index (κ3) is 4.74. The van der Waals surface area contributed by atoms with E-state index in [0.717, 1.165) is 48.5 Å². The molecule has 0 aliphatic carbocycles. The number of hydrazine groups is 1. The molecule has 33 heavy (non-hydrogen) atoms. The highest BCUT2D eigenvalue weighted by Crippen LogP contribution is 2.38. The van der Waals surface area contributed by atoms with Crippen molar-refractivity contribution in [2.24, 2.45) is 0 Å². The van der Waals surface area contributed by atoms with Gasteiger partial charge in [0.1, 0.15) is 17.1 Å². The Morgan fingerprint density at radius 3 is 2.39 bits per heavy atom. The van der Waals surface area contributed by atoms with E-state index in [9.17, 15) is 8.42 Å². The molecular weight excluding hydrogens is 466 g/mol. The van der Waals surface area contributed by atoms with Crippen molar-refractivity contribution in [1.82, 2.24) is 18.8 Å². The number of rotatable bonds is 7. The molecule has 1 aromatic carbocycles. The first kappa shape index (κ1) is 23.6. The maximum absolute atomic E-state index is 11.6. The van der Waals surface area contributed by atoms with Crippen LogP contribution in [0.5, 0.6) is 11.5 Å². The molecule has 178 valence electrons. The molecule has 0 unspecified atom stereocenters. The first-order valence-electron chi connectivity index (χ1n) is 10.6. The van der Waals surface area contributed by atoms with Gasteiger partial charge in [0.25, 0.3) is 0 Å². The van der Waals surface area contributed by atoms with Gasteiger partial charge in [-0.2, -0.15) is 0 Å². The molecule has 1 aliphatic rings. The number of methoxy groups -OCH3 is 2. The van der Waals surface area contributed by atoms with Crippen LogP contribution in [0.2, 0.25) is 5.02 Å². The van der Waals surface area contributed by atoms with Gasteiger partial charge in [0.2, 0.25) is 10.9 Å². The molecule has 1 saturated heterocycles. The third-order valence-electron chi connectivity index (χ3n) is 5.93. The normalized spacial score (nSPS) is 15.2. The fraction of sp³-hybridized carbons (Fsp3) is 0.409. The fourth-order valence-electron chi connectivity index (χ4n) is 4.32. The summed E-state index contributed by atoms with van der Waals surface area (Å²) >= 11 is 6.34. The van der Waals surface area contributed by atoms with Crippen LogP contribution in [0.3, 0.4) is 0 Å². The Balaban J connectivity index is 1.57. The maximum atomic E-state index is 11.6. The molecule has 4 rings (SSSR count). The van der Waals surface area contributed by atoms with Crippen molar-refractivity contribution in [3.05, 3.63) is 41.7 Å². The van der Waals surface area contributed by atoms with Gasteiger partial charge in [-0.05, 0) is 25.0 Å². The van der Waals surface area contributed by atoms with Crippen LogP contribution in [0.4, 0.5) is 5.69 Å². The number of ether oxygens (including phenoxy) is 2. The molecule has 11 heteroatoms. The number of hydrogen-bond donors (Lipinski definition) is 1. The van der Waals surface area contributed by atoms with Crippen LogP contribution in [0.15, 0.2) is 36.7 Å². The Kier molecular flexibility index (Phi) is 6.99. The second-order valence-electron chi connectivity index (χ2n) is 8.09. The van der Waals surface area contributed by atoms with Crippen LogP contribution in [0.25, 0.3) is 16.9 Å². The number of imidazole rings is 1. The van der Waals surface area contributed by atoms with E-state index < -0.39 is 10.9 Å². The predicted octanol–water partition coefficient (Wildman–Crippen LogP) is 2.95. The van der Waals surface area contributed by atoms with Crippen LogP contribution in [0.1, 0.15) is 12.8 Å². The zero-order valence-electron chi connectivity index (χ0n) is 19.1. The number of thiol groups is 1. The molecule has 0 N–H and O–H groups in total. The summed E-state index contributed by atoms with van der Waals surface area (Å²) in [6.45, 7) is 1.54. The first-order chi connectivity index (χ1) is 15.8. The molecule has 3 aromatic rings. The number of aromatic nitrogens is 2. The van der Waals surface area contributed by atoms with E-state index in [1.165, 1.54) is 4.41 Å². The second-order valence-corrected chi connectivity index (χ2v) is 9.38. The summed E-state index contributed by atoms with van der Waals surface area (Å²) in [4.78, 5) is 7.06. The highest BCUT2D eigenvalue weighted by atomic mass is 35.5. The van der Waals surface area contributed by atoms with Gasteiger partial charge in [-0.15, -0.1) is 4.41 Å². The van der Waals surface area contributed by atoms with Crippen LogP contribution >= 0.6 is 11.6 Å². The van der Waals surface area contributed by atoms with E-state index in [1.807, 2.05) is 22.9 Å². The zero-order chi connectivity index (χ0) is 23.7. The van der Waals surface area contributed by atoms with Gasteiger partial charge in [0.05, 0.1) is 24.9 Å². The van der Waals surface area contributed by atoms with Gasteiger partial charge in [-0.25, -0.2) is 18.4 Å². The van der Waals surface area contributed by atoms with E-state index in [4.69, 9.17) is 26.1 Å². The van der Waals surface area contributed by atoms with Gasteiger partial charge in [0, 0.05) is 69.0 Å². The lowest BCUT2D eigenvalue weighted by molar-refractivity contribution is 0.0713. The molecular formula is C22H28ClN5O4S. The molecule has 3 heterocycles. The number of nitrogens with zero attached hydrogens (tertiary/aromatic N) is 5. The molecule has 0 amide bonds. The van der Waals surface area contributed by atoms with Crippen LogP contribution in [-0.2, 0) is 10.9 Å². The van der Waals surface area contributed by atoms with Gasteiger partial charge >= 0.3 is 0 Å². The minimum Gasteiger partial charge on any atom is -0.496 e. The Labute approximate surface area is 200 Å². The first-order valence-corrected chi connectivity index (χ1v) is 12.1. The zero-order valence-corrected chi connectivity index (χ0v) is 20.7. The molecule has 2 aromatic heterocycles. The van der Waals surface area contributed by atoms with Gasteiger partial charge < -0.3 is 18.8 Å². The lowest BCUT2D eigenvalue weighted by atomic mass is 10.1. The summed E-state index contributed by atoms with van der Waals surface area (Å²) in [6, 6.07) is 7.62. The Morgan fingerprint density at radius 1 is 1.09 bits per heavy atom. The molecule has 9 nitrogen and oxygen atoms in total. The van der Waals surface area contributed by atoms with E-state index in [1.54, 1.807) is 45.5 Å². The lowest BCUT2D eigenvalue weighted by Crippen LogP contribution is -2.49. The smallest absolute Gasteiger partial charge is 0.217 e. The Hall–Kier alpha value is -2.53. The topological polar surface area (TPSA) is 79.6 Å². The van der Waals surface area contributed by atoms with E-state index >= 15 is 0 Å². The third-order valence-corrected chi connectivity index (χ3v) is 7.24. The monoisotopic (exact) mass is 493 g/mol. The molecule has 0 spiro atoms. The molecule has 0 radical (unpaired) electrons. The van der Waals surface area contributed by atoms with Crippen molar-refractivity contribution in [1.29, 1.82) is 0 Å². The van der Waals surface area contributed by atoms with Crippen molar-refractivity contribution in [3.8, 4) is 22.8 Å². The van der Waals surface area contributed by atoms with Crippen molar-refractivity contribution in [2.75, 3.05) is 46.3 Å². The summed E-state index contributed by atoms with van der Waals surface area (Å²) in [7, 11) is 4.03. The van der Waals surface area contributed by atoms with Gasteiger partial charge in [0.15, 0.2) is 0 Å². The molecule has 1 fully saturated rings. The van der Waals surface area contributed by atoms with Crippen LogP contribution in [-0.4, -0.2) is 74.7 Å². The minimum absolute atomic E-state index is 0.0218. The van der Waals surface area contributed by atoms with E-state index in [0.29, 0.717) is 16.5 Å². The number of fused-ring (bicyclic) bond motifs is 1. The average Bonchev–Trinajstić information content (AvgIpc) is 3.22. The largest absolute Gasteiger partial charge is 0.496 e. The van der Waals surface area contributed by atoms with Crippen molar-refractivity contribution in [2.45, 2.75) is 18.9 Å². The fourth-order valence-corrected chi connectivity index (χ4v) is 5.35. The second kappa shape index (κ2) is 9.76. The molecule has 0 saturated carbocycles. The Morgan fingerprint density at radius 2 is 1.79 bits per heavy atom. The number of anilines is 1. The summed E-state index contributed by atoms with van der Waals surface area (Å²) in [5.41, 5.74) is 3.38. The lowest BCUT2D eigenvalue weighted by Gasteiger charge is -2.38. The average molecular weight is 494 g/mol. The predicted molar refractivity (Wildman–Crippen MR) is 130 cm³/mol. The van der Waals surface area contributed by atoms with Crippen molar-refractivity contribution >= 4 is 33.8 Å². The molecule has 0 bridgehead atoms. The number of piperidine rings is 1. The standard InChI is InChI=1S/C22H28ClN5O4S/c1-25(2)28(33(29)30)15-5-8-26(9-6-15)16-7-10-27-14-19(24-22(27)11-16)17-12-18(23)21(32-4)13-20(17)31-3/h7,10-15,33H,5-6,8-9H2,1-4H3. The molecule has 1 aliphatic heterocycles. The Bertz CT molecular complexity index is 1210. The minimum atomic E-state index is -2.65. The van der Waals surface area contributed by atoms with Crippen molar-refractivity contribution in [3.63, 3.8) is 0 Å². The van der Waals surface area contributed by atoms with Crippen LogP contribution < -0.4 is 14.4 Å². The maximum Gasteiger partial charge on any atom is 0.217 e. The summed E-state index contributed by atoms with van der Waals surface area (Å²) in [5.74, 6) is 1.17. The highest BCUT2D eigenvalue weighted by Gasteiger charge is 2.28. The summed E-state index contributed by atoms with van der Waals surface area (Å²) in [6.07, 6.45) is 5.43. The summed E-state index contributed by atoms with van der Waals surface area (Å²) in [5, 5.41) is 2.13. The summed E-state index contributed by atoms with van der Waals surface area (Å²) < 4.78 is 37.5. The number of hydrogen-bond acceptors (Lipinski definition) is 7. The van der Waals surface area contributed by atoms with E-state index in [-0.39, 0.29) is 6.04 Å². The number of pyridine rings is 1. The van der Waals surface area contributed by atoms with Crippen LogP contribution in [0, 0.1) is 0 Å². The quantitative estimate of drug-likeness (QED) is 0.400. The van der Waals surface area contributed by atoms with E-state index in [2.05, 4.69) is 11.0 Å². The van der Waals surface area contributed by atoms with Gasteiger partial charge in [-0.1, -0.05) is 11.6 Å².